The molecule has 1 aromatic carbocycles. The Labute approximate surface area is 143 Å². The van der Waals surface area contributed by atoms with E-state index in [9.17, 15) is 9.18 Å². The van der Waals surface area contributed by atoms with Gasteiger partial charge in [-0.2, -0.15) is 0 Å². The van der Waals surface area contributed by atoms with Crippen LogP contribution in [-0.4, -0.2) is 43.2 Å². The Balaban J connectivity index is 1.44. The minimum Gasteiger partial charge on any atom is -0.357 e. The van der Waals surface area contributed by atoms with Crippen molar-refractivity contribution in [3.63, 3.8) is 0 Å². The van der Waals surface area contributed by atoms with Crippen molar-refractivity contribution in [2.24, 2.45) is 0 Å². The third-order valence-electron chi connectivity index (χ3n) is 4.22. The molecule has 1 fully saturated rings. The molecule has 0 bridgehead atoms. The normalized spacial score (nSPS) is 17.4. The summed E-state index contributed by atoms with van der Waals surface area (Å²) < 4.78 is 14.4. The number of rotatable bonds is 4. The Bertz CT molecular complexity index is 923. The van der Waals surface area contributed by atoms with Crippen molar-refractivity contribution < 1.29 is 9.18 Å². The van der Waals surface area contributed by atoms with Gasteiger partial charge in [-0.1, -0.05) is 12.1 Å². The van der Waals surface area contributed by atoms with Crippen LogP contribution in [-0.2, 0) is 11.3 Å². The molecule has 0 spiro atoms. The number of nitrogens with one attached hydrogen (secondary N) is 1. The Morgan fingerprint density at radius 3 is 2.80 bits per heavy atom. The Hall–Kier alpha value is -3.03. The predicted molar refractivity (Wildman–Crippen MR) is 89.4 cm³/mol. The van der Waals surface area contributed by atoms with Gasteiger partial charge in [-0.15, -0.1) is 14.8 Å². The Morgan fingerprint density at radius 1 is 1.20 bits per heavy atom. The van der Waals surface area contributed by atoms with E-state index < -0.39 is 0 Å². The smallest absolute Gasteiger partial charge is 0.245 e. The summed E-state index contributed by atoms with van der Waals surface area (Å²) in [5.74, 6) is 0.966. The van der Waals surface area contributed by atoms with Gasteiger partial charge in [-0.3, -0.25) is 4.79 Å². The van der Waals surface area contributed by atoms with Crippen LogP contribution in [0.3, 0.4) is 0 Å². The van der Waals surface area contributed by atoms with Gasteiger partial charge in [0.1, 0.15) is 23.5 Å². The summed E-state index contributed by atoms with van der Waals surface area (Å²) in [6, 6.07) is 9.49. The SMILES string of the molecule is Cc1nc2ccc(NC3CCN(Cc4ccc(F)cc4)C3=O)nn2n1. The molecule has 8 heteroatoms. The molecule has 1 N–H and O–H groups in total. The van der Waals surface area contributed by atoms with Crippen LogP contribution in [0.25, 0.3) is 5.65 Å². The van der Waals surface area contributed by atoms with Crippen molar-refractivity contribution in [2.45, 2.75) is 25.9 Å². The number of hydrogen-bond donors (Lipinski definition) is 1. The fourth-order valence-corrected chi connectivity index (χ4v) is 2.98. The Kier molecular flexibility index (Phi) is 3.79. The maximum Gasteiger partial charge on any atom is 0.245 e. The first kappa shape index (κ1) is 15.5. The molecule has 1 aliphatic heterocycles. The molecular formula is C17H17FN6O. The van der Waals surface area contributed by atoms with Crippen LogP contribution < -0.4 is 5.32 Å². The molecule has 3 aromatic rings. The zero-order valence-corrected chi connectivity index (χ0v) is 13.7. The van der Waals surface area contributed by atoms with Gasteiger partial charge in [0.15, 0.2) is 5.65 Å². The van der Waals surface area contributed by atoms with Crippen molar-refractivity contribution in [1.29, 1.82) is 0 Å². The number of aromatic nitrogens is 4. The maximum absolute atomic E-state index is 13.0. The molecule has 7 nitrogen and oxygen atoms in total. The second-order valence-corrected chi connectivity index (χ2v) is 6.10. The lowest BCUT2D eigenvalue weighted by atomic mass is 10.2. The number of nitrogens with zero attached hydrogens (tertiary/aromatic N) is 5. The molecule has 1 aliphatic rings. The lowest BCUT2D eigenvalue weighted by Crippen LogP contribution is -2.33. The molecule has 2 aromatic heterocycles. The van der Waals surface area contributed by atoms with Crippen molar-refractivity contribution in [2.75, 3.05) is 11.9 Å². The third-order valence-corrected chi connectivity index (χ3v) is 4.22. The van der Waals surface area contributed by atoms with Crippen LogP contribution in [0, 0.1) is 12.7 Å². The van der Waals surface area contributed by atoms with Crippen LogP contribution in [0.15, 0.2) is 36.4 Å². The average Bonchev–Trinajstić information content (AvgIpc) is 3.12. The molecule has 3 heterocycles. The van der Waals surface area contributed by atoms with Crippen molar-refractivity contribution >= 4 is 17.4 Å². The molecule has 4 rings (SSSR count). The number of halogens is 1. The monoisotopic (exact) mass is 340 g/mol. The van der Waals surface area contributed by atoms with Crippen LogP contribution in [0.1, 0.15) is 17.8 Å². The quantitative estimate of drug-likeness (QED) is 0.784. The number of carbonyl (C=O) groups excluding carboxylic acids is 1. The fraction of sp³-hybridized carbons (Fsp3) is 0.294. The summed E-state index contributed by atoms with van der Waals surface area (Å²) in [7, 11) is 0. The lowest BCUT2D eigenvalue weighted by Gasteiger charge is -2.17. The number of anilines is 1. The minimum atomic E-state index is -0.324. The van der Waals surface area contributed by atoms with Gasteiger partial charge >= 0.3 is 0 Å². The van der Waals surface area contributed by atoms with Crippen LogP contribution >= 0.6 is 0 Å². The zero-order chi connectivity index (χ0) is 17.4. The van der Waals surface area contributed by atoms with Crippen LogP contribution in [0.4, 0.5) is 10.2 Å². The predicted octanol–water partition coefficient (Wildman–Crippen LogP) is 1.78. The van der Waals surface area contributed by atoms with E-state index in [4.69, 9.17) is 0 Å². The van der Waals surface area contributed by atoms with Crippen LogP contribution in [0.5, 0.6) is 0 Å². The third kappa shape index (κ3) is 3.15. The molecule has 0 radical (unpaired) electrons. The van der Waals surface area contributed by atoms with Gasteiger partial charge in [0.05, 0.1) is 0 Å². The first-order chi connectivity index (χ1) is 12.1. The first-order valence-corrected chi connectivity index (χ1v) is 8.09. The highest BCUT2D eigenvalue weighted by atomic mass is 19.1. The largest absolute Gasteiger partial charge is 0.357 e. The summed E-state index contributed by atoms with van der Waals surface area (Å²) in [4.78, 5) is 18.6. The van der Waals surface area contributed by atoms with Crippen molar-refractivity contribution in [3.05, 3.63) is 53.6 Å². The van der Waals surface area contributed by atoms with E-state index >= 15 is 0 Å². The average molecular weight is 340 g/mol. The number of benzene rings is 1. The molecule has 25 heavy (non-hydrogen) atoms. The number of amides is 1. The van der Waals surface area contributed by atoms with Crippen molar-refractivity contribution in [1.82, 2.24) is 24.7 Å². The van der Waals surface area contributed by atoms with E-state index in [2.05, 4.69) is 20.5 Å². The van der Waals surface area contributed by atoms with Gasteiger partial charge < -0.3 is 10.2 Å². The lowest BCUT2D eigenvalue weighted by molar-refractivity contribution is -0.128. The number of carbonyl (C=O) groups is 1. The second-order valence-electron chi connectivity index (χ2n) is 6.10. The summed E-state index contributed by atoms with van der Waals surface area (Å²) >= 11 is 0. The first-order valence-electron chi connectivity index (χ1n) is 8.09. The minimum absolute atomic E-state index is 0.0148. The van der Waals surface area contributed by atoms with Crippen molar-refractivity contribution in [3.8, 4) is 0 Å². The van der Waals surface area contributed by atoms with E-state index in [1.807, 2.05) is 6.07 Å². The molecule has 0 saturated carbocycles. The fourth-order valence-electron chi connectivity index (χ4n) is 2.98. The highest BCUT2D eigenvalue weighted by Gasteiger charge is 2.31. The summed E-state index contributed by atoms with van der Waals surface area (Å²) in [5.41, 5.74) is 1.58. The van der Waals surface area contributed by atoms with Gasteiger partial charge in [-0.25, -0.2) is 9.37 Å². The van der Waals surface area contributed by atoms with Gasteiger partial charge in [-0.05, 0) is 43.2 Å². The molecule has 0 aliphatic carbocycles. The van der Waals surface area contributed by atoms with E-state index in [1.165, 1.54) is 16.8 Å². The number of likely N-dealkylation sites (tertiary alicyclic amines) is 1. The number of hydrogen-bond acceptors (Lipinski definition) is 5. The number of fused-ring (bicyclic) bond motifs is 1. The molecule has 1 amide bonds. The van der Waals surface area contributed by atoms with Crippen LogP contribution in [0.2, 0.25) is 0 Å². The molecule has 1 saturated heterocycles. The molecule has 128 valence electrons. The van der Waals surface area contributed by atoms with Gasteiger partial charge in [0, 0.05) is 13.1 Å². The van der Waals surface area contributed by atoms with Gasteiger partial charge in [0.25, 0.3) is 0 Å². The van der Waals surface area contributed by atoms with E-state index in [0.29, 0.717) is 36.8 Å². The highest BCUT2D eigenvalue weighted by Crippen LogP contribution is 2.19. The highest BCUT2D eigenvalue weighted by molar-refractivity contribution is 5.86. The van der Waals surface area contributed by atoms with E-state index in [1.54, 1.807) is 30.0 Å². The topological polar surface area (TPSA) is 75.4 Å². The molecule has 1 unspecified atom stereocenters. The number of aryl methyl sites for hydroxylation is 1. The molecule has 1 atom stereocenters. The van der Waals surface area contributed by atoms with E-state index in [0.717, 1.165) is 5.56 Å². The summed E-state index contributed by atoms with van der Waals surface area (Å²) in [6.45, 7) is 2.93. The second kappa shape index (κ2) is 6.12. The maximum atomic E-state index is 13.0. The Morgan fingerprint density at radius 2 is 2.00 bits per heavy atom. The van der Waals surface area contributed by atoms with E-state index in [-0.39, 0.29) is 17.8 Å². The standard InChI is InChI=1S/C17H17FN6O/c1-11-19-16-7-6-15(22-24(16)21-11)20-14-8-9-23(17(14)25)10-12-2-4-13(18)5-3-12/h2-7,14H,8-10H2,1H3,(H,20,22). The molecular weight excluding hydrogens is 323 g/mol. The summed E-state index contributed by atoms with van der Waals surface area (Å²) in [6.07, 6.45) is 0.691. The zero-order valence-electron chi connectivity index (χ0n) is 13.7. The summed E-state index contributed by atoms with van der Waals surface area (Å²) in [5, 5.41) is 11.7. The van der Waals surface area contributed by atoms with Gasteiger partial charge in [0.2, 0.25) is 5.91 Å².